The molecule has 60 heavy (non-hydrogen) atoms. The van der Waals surface area contributed by atoms with Gasteiger partial charge in [-0.2, -0.15) is 79.9 Å². The molecular formula is C51H110S7Si2. The van der Waals surface area contributed by atoms with Gasteiger partial charge in [0, 0.05) is 0 Å². The zero-order chi connectivity index (χ0) is 44.1. The molecule has 0 saturated carbocycles. The molecule has 0 unspecified atom stereocenters. The van der Waals surface area contributed by atoms with Gasteiger partial charge in [-0.25, -0.2) is 0 Å². The normalized spacial score (nSPS) is 11.8. The zero-order valence-corrected chi connectivity index (χ0v) is 49.7. The summed E-state index contributed by atoms with van der Waals surface area (Å²) in [6.45, 7) is 13.9. The lowest BCUT2D eigenvalue weighted by atomic mass is 10.1. The summed E-state index contributed by atoms with van der Waals surface area (Å²) in [7, 11) is 0. The van der Waals surface area contributed by atoms with E-state index in [1.54, 1.807) is 0 Å². The van der Waals surface area contributed by atoms with Gasteiger partial charge in [-0.3, -0.25) is 0 Å². The van der Waals surface area contributed by atoms with Crippen molar-refractivity contribution in [1.29, 1.82) is 0 Å². The first-order valence-corrected chi connectivity index (χ1v) is 42.3. The fourth-order valence-electron chi connectivity index (χ4n) is 7.30. The minimum absolute atomic E-state index is 0.678. The fourth-order valence-corrected chi connectivity index (χ4v) is 39.1. The largest absolute Gasteiger partial charge is 0.237 e. The lowest BCUT2D eigenvalue weighted by Gasteiger charge is -2.30. The molecule has 0 radical (unpaired) electrons. The highest BCUT2D eigenvalue weighted by Crippen LogP contribution is 2.47. The molecule has 364 valence electrons. The molecule has 0 heterocycles. The van der Waals surface area contributed by atoms with Crippen LogP contribution in [-0.2, 0) is 0 Å². The van der Waals surface area contributed by atoms with Crippen LogP contribution in [0.5, 0.6) is 0 Å². The average molecular weight is 1000 g/mol. The molecule has 0 nitrogen and oxygen atoms in total. The Morgan fingerprint density at radius 1 is 0.283 bits per heavy atom. The van der Waals surface area contributed by atoms with Crippen LogP contribution < -0.4 is 0 Å². The minimum Gasteiger partial charge on any atom is -0.179 e. The van der Waals surface area contributed by atoms with E-state index in [0.29, 0.717) is 0 Å². The van der Waals surface area contributed by atoms with E-state index in [4.69, 9.17) is 0 Å². The van der Waals surface area contributed by atoms with E-state index in [0.717, 1.165) is 5.75 Å². The average Bonchev–Trinajstić information content (AvgIpc) is 3.26. The Morgan fingerprint density at radius 2 is 0.500 bits per heavy atom. The van der Waals surface area contributed by atoms with E-state index in [2.05, 4.69) is 121 Å². The molecule has 9 heteroatoms. The van der Waals surface area contributed by atoms with Gasteiger partial charge in [0.05, 0.1) is 0 Å². The SMILES string of the molecule is CCCCCCCCS[SiH](SCCCCCCCC)SCCCCCCCC.CCCCCCCCS[Si](CCCS)(SCCCCCCCC)SCCCCCCCC. The van der Waals surface area contributed by atoms with Gasteiger partial charge in [0.15, 0.2) is 0 Å². The second-order valence-electron chi connectivity index (χ2n) is 17.6. The number of hydrogen-bond donors (Lipinski definition) is 1. The molecule has 0 amide bonds. The second-order valence-corrected chi connectivity index (χ2v) is 45.9. The molecule has 0 rings (SSSR count). The smallest absolute Gasteiger partial charge is 0.179 e. The topological polar surface area (TPSA) is 0 Å². The number of unbranched alkanes of at least 4 members (excludes halogenated alkanes) is 30. The summed E-state index contributed by atoms with van der Waals surface area (Å²) in [5.41, 5.74) is -1.34. The first kappa shape index (κ1) is 65.0. The fraction of sp³-hybridized carbons (Fsp3) is 1.00. The Labute approximate surface area is 413 Å². The summed E-state index contributed by atoms with van der Waals surface area (Å²) in [6.07, 6.45) is 52.4. The van der Waals surface area contributed by atoms with E-state index >= 15 is 0 Å². The molecule has 0 spiro atoms. The number of thiol groups is 1. The molecule has 0 saturated heterocycles. The van der Waals surface area contributed by atoms with Crippen molar-refractivity contribution in [3.05, 3.63) is 0 Å². The van der Waals surface area contributed by atoms with E-state index in [9.17, 15) is 0 Å². The quantitative estimate of drug-likeness (QED) is 0.0364. The molecule has 0 fully saturated rings. The Kier molecular flexibility index (Phi) is 62.8. The summed E-state index contributed by atoms with van der Waals surface area (Å²) in [5, 5.41) is 0. The highest BCUT2D eigenvalue weighted by molar-refractivity contribution is 8.81. The van der Waals surface area contributed by atoms with Crippen LogP contribution in [0.25, 0.3) is 0 Å². The molecule has 0 atom stereocenters. The number of hydrogen-bond acceptors (Lipinski definition) is 7. The Bertz CT molecular complexity index is 662. The van der Waals surface area contributed by atoms with Crippen LogP contribution in [0.3, 0.4) is 0 Å². The van der Waals surface area contributed by atoms with Gasteiger partial charge in [0.1, 0.15) is 0 Å². The van der Waals surface area contributed by atoms with Gasteiger partial charge in [-0.1, -0.05) is 234 Å². The van der Waals surface area contributed by atoms with E-state index in [-0.39, 0.29) is 0 Å². The van der Waals surface area contributed by atoms with Gasteiger partial charge in [-0.05, 0) is 91.3 Å². The highest BCUT2D eigenvalue weighted by Gasteiger charge is 2.34. The predicted molar refractivity (Wildman–Crippen MR) is 311 cm³/mol. The molecular weight excluding hydrogens is 893 g/mol. The summed E-state index contributed by atoms with van der Waals surface area (Å²) < 4.78 is 0. The standard InChI is InChI=1S/C27H58S4Si.C24H52S3Si/c1-4-7-10-13-16-19-24-29-32(27-22-23-28,30-25-20-17-14-11-8-5-2)31-26-21-18-15-12-9-6-3;1-4-7-10-13-16-19-22-25-28(26-23-20-17-14-11-8-5-2)27-24-21-18-15-12-9-6-3/h28H,4-27H2,1-3H3;28H,4-24H2,1-3H3. The first-order chi connectivity index (χ1) is 29.6. The van der Waals surface area contributed by atoms with Crippen LogP contribution in [0.2, 0.25) is 6.04 Å². The third-order valence-electron chi connectivity index (χ3n) is 11.4. The van der Waals surface area contributed by atoms with Crippen LogP contribution in [-0.4, -0.2) is 52.0 Å². The Hall–Kier alpha value is 2.88. The van der Waals surface area contributed by atoms with Crippen molar-refractivity contribution in [1.82, 2.24) is 0 Å². The van der Waals surface area contributed by atoms with Crippen molar-refractivity contribution in [3.63, 3.8) is 0 Å². The zero-order valence-electron chi connectivity index (χ0n) is 41.8. The van der Waals surface area contributed by atoms with E-state index < -0.39 is 11.8 Å². The van der Waals surface area contributed by atoms with Crippen molar-refractivity contribution >= 4 is 91.7 Å². The first-order valence-electron chi connectivity index (χ1n) is 27.0. The van der Waals surface area contributed by atoms with Gasteiger partial charge in [-0.15, -0.1) is 0 Å². The summed E-state index contributed by atoms with van der Waals surface area (Å²) in [5.74, 6) is 9.64. The van der Waals surface area contributed by atoms with Crippen molar-refractivity contribution in [2.45, 2.75) is 285 Å². The van der Waals surface area contributed by atoms with Gasteiger partial charge in [0.2, 0.25) is 11.8 Å². The van der Waals surface area contributed by atoms with Crippen LogP contribution in [0.15, 0.2) is 0 Å². The molecule has 0 aliphatic heterocycles. The second kappa shape index (κ2) is 58.0. The van der Waals surface area contributed by atoms with Crippen LogP contribution in [0, 0.1) is 0 Å². The third kappa shape index (κ3) is 51.9. The van der Waals surface area contributed by atoms with Crippen molar-refractivity contribution in [3.8, 4) is 0 Å². The lowest BCUT2D eigenvalue weighted by molar-refractivity contribution is 0.627. The van der Waals surface area contributed by atoms with Gasteiger partial charge >= 0.3 is 0 Å². The van der Waals surface area contributed by atoms with E-state index in [1.165, 1.54) is 278 Å². The molecule has 0 aromatic heterocycles. The molecule has 0 aliphatic carbocycles. The van der Waals surface area contributed by atoms with Crippen molar-refractivity contribution < 1.29 is 0 Å². The maximum absolute atomic E-state index is 4.60. The van der Waals surface area contributed by atoms with Gasteiger partial charge < -0.3 is 0 Å². The van der Waals surface area contributed by atoms with Crippen molar-refractivity contribution in [2.24, 2.45) is 0 Å². The molecule has 0 N–H and O–H groups in total. The van der Waals surface area contributed by atoms with E-state index in [1.807, 2.05) is 0 Å². The number of rotatable bonds is 51. The predicted octanol–water partition coefficient (Wildman–Crippen LogP) is 21.5. The van der Waals surface area contributed by atoms with Crippen LogP contribution in [0.4, 0.5) is 0 Å². The highest BCUT2D eigenvalue weighted by atomic mass is 32.8. The van der Waals surface area contributed by atoms with Crippen molar-refractivity contribution in [2.75, 3.05) is 40.3 Å². The monoisotopic (exact) mass is 1000 g/mol. The van der Waals surface area contributed by atoms with Crippen LogP contribution >= 0.6 is 79.9 Å². The summed E-state index contributed by atoms with van der Waals surface area (Å²) >= 11 is 19.1. The summed E-state index contributed by atoms with van der Waals surface area (Å²) in [4.78, 5) is 0. The van der Waals surface area contributed by atoms with Gasteiger partial charge in [0.25, 0.3) is 0 Å². The maximum atomic E-state index is 4.60. The third-order valence-corrected chi connectivity index (χ3v) is 43.7. The molecule has 0 bridgehead atoms. The Morgan fingerprint density at radius 3 is 0.733 bits per heavy atom. The van der Waals surface area contributed by atoms with Crippen LogP contribution in [0.1, 0.15) is 279 Å². The lowest BCUT2D eigenvalue weighted by Crippen LogP contribution is -2.25. The molecule has 0 aromatic carbocycles. The molecule has 0 aromatic rings. The minimum atomic E-state index is -1.34. The Balaban J connectivity index is 0. The summed E-state index contributed by atoms with van der Waals surface area (Å²) in [6, 6.07) is 1.47. The molecule has 0 aliphatic rings. The maximum Gasteiger partial charge on any atom is 0.237 e.